The summed E-state index contributed by atoms with van der Waals surface area (Å²) in [5.41, 5.74) is 2.31. The maximum Gasteiger partial charge on any atom is 0.416 e. The van der Waals surface area contributed by atoms with E-state index in [1.165, 1.54) is 12.1 Å². The molecule has 164 valence electrons. The number of ether oxygens (including phenoxy) is 2. The first-order valence-electron chi connectivity index (χ1n) is 9.62. The minimum atomic E-state index is -4.37. The van der Waals surface area contributed by atoms with Gasteiger partial charge in [0.15, 0.2) is 11.5 Å². The molecule has 0 bridgehead atoms. The van der Waals surface area contributed by atoms with Gasteiger partial charge in [-0.05, 0) is 48.0 Å². The highest BCUT2D eigenvalue weighted by Crippen LogP contribution is 2.34. The van der Waals surface area contributed by atoms with Gasteiger partial charge >= 0.3 is 6.18 Å². The Hall–Kier alpha value is -3.45. The molecule has 0 unspecified atom stereocenters. The summed E-state index contributed by atoms with van der Waals surface area (Å²) >= 11 is 5.90. The third-order valence-corrected chi connectivity index (χ3v) is 5.10. The van der Waals surface area contributed by atoms with Crippen LogP contribution in [0.2, 0.25) is 5.02 Å². The Morgan fingerprint density at radius 2 is 1.59 bits per heavy atom. The van der Waals surface area contributed by atoms with Crippen LogP contribution in [-0.4, -0.2) is 17.1 Å². The van der Waals surface area contributed by atoms with Crippen molar-refractivity contribution < 1.29 is 22.6 Å². The molecule has 4 aromatic rings. The second-order valence-corrected chi connectivity index (χ2v) is 7.44. The van der Waals surface area contributed by atoms with Gasteiger partial charge in [0.2, 0.25) is 0 Å². The van der Waals surface area contributed by atoms with Crippen molar-refractivity contribution in [2.75, 3.05) is 7.11 Å². The predicted molar refractivity (Wildman–Crippen MR) is 117 cm³/mol. The smallest absolute Gasteiger partial charge is 0.416 e. The van der Waals surface area contributed by atoms with E-state index in [4.69, 9.17) is 21.1 Å². The molecule has 8 heteroatoms. The van der Waals surface area contributed by atoms with Crippen LogP contribution in [-0.2, 0) is 12.8 Å². The first-order valence-corrected chi connectivity index (χ1v) is 9.99. The normalized spacial score (nSPS) is 11.4. The number of aromatic amines is 1. The Bertz CT molecular complexity index is 1200. The Labute approximate surface area is 187 Å². The van der Waals surface area contributed by atoms with Gasteiger partial charge < -0.3 is 14.5 Å². The summed E-state index contributed by atoms with van der Waals surface area (Å²) in [7, 11) is 1.55. The first-order chi connectivity index (χ1) is 15.3. The summed E-state index contributed by atoms with van der Waals surface area (Å²) in [4.78, 5) is 7.43. The van der Waals surface area contributed by atoms with Crippen molar-refractivity contribution in [1.82, 2.24) is 9.97 Å². The van der Waals surface area contributed by atoms with Crippen LogP contribution in [0.25, 0.3) is 22.6 Å². The summed E-state index contributed by atoms with van der Waals surface area (Å²) in [5.74, 6) is 1.59. The molecule has 4 rings (SSSR count). The van der Waals surface area contributed by atoms with E-state index in [2.05, 4.69) is 9.97 Å². The van der Waals surface area contributed by atoms with E-state index in [-0.39, 0.29) is 0 Å². The van der Waals surface area contributed by atoms with E-state index in [1.54, 1.807) is 37.6 Å². The van der Waals surface area contributed by atoms with E-state index in [1.807, 2.05) is 18.2 Å². The second kappa shape index (κ2) is 8.96. The fraction of sp³-hybridized carbons (Fsp3) is 0.125. The Morgan fingerprint density at radius 1 is 0.906 bits per heavy atom. The van der Waals surface area contributed by atoms with Gasteiger partial charge in [0.05, 0.1) is 24.6 Å². The van der Waals surface area contributed by atoms with Gasteiger partial charge in [0, 0.05) is 16.1 Å². The average molecular weight is 459 g/mol. The lowest BCUT2D eigenvalue weighted by molar-refractivity contribution is -0.137. The molecule has 32 heavy (non-hydrogen) atoms. The monoisotopic (exact) mass is 458 g/mol. The highest BCUT2D eigenvalue weighted by molar-refractivity contribution is 6.30. The summed E-state index contributed by atoms with van der Waals surface area (Å²) < 4.78 is 49.6. The third kappa shape index (κ3) is 4.89. The number of halogens is 4. The van der Waals surface area contributed by atoms with Gasteiger partial charge in [-0.25, -0.2) is 4.98 Å². The minimum Gasteiger partial charge on any atom is -0.493 e. The maximum atomic E-state index is 12.8. The lowest BCUT2D eigenvalue weighted by atomic mass is 10.1. The van der Waals surface area contributed by atoms with Crippen LogP contribution in [0.1, 0.15) is 11.1 Å². The molecule has 1 heterocycles. The summed E-state index contributed by atoms with van der Waals surface area (Å²) in [6.07, 6.45) is -2.75. The number of H-pyrrole nitrogens is 1. The predicted octanol–water partition coefficient (Wildman–Crippen LogP) is 7.00. The van der Waals surface area contributed by atoms with Gasteiger partial charge in [-0.2, -0.15) is 13.2 Å². The van der Waals surface area contributed by atoms with Crippen LogP contribution in [0.5, 0.6) is 11.5 Å². The Kier molecular flexibility index (Phi) is 6.10. The molecule has 4 nitrogen and oxygen atoms in total. The van der Waals surface area contributed by atoms with Crippen molar-refractivity contribution in [3.8, 4) is 34.1 Å². The fourth-order valence-corrected chi connectivity index (χ4v) is 3.25. The topological polar surface area (TPSA) is 47.1 Å². The van der Waals surface area contributed by atoms with E-state index in [9.17, 15) is 13.2 Å². The standard InChI is InChI=1S/C24H18ClF3N2O2/c1-31-22-12-17(6-11-21(22)32-14-15-2-9-19(25)10-3-15)20-13-29-23(30-20)16-4-7-18(8-5-16)24(26,27)28/h2-13H,14H2,1H3,(H,29,30). The number of rotatable bonds is 6. The Morgan fingerprint density at radius 3 is 2.25 bits per heavy atom. The zero-order chi connectivity index (χ0) is 22.7. The molecular weight excluding hydrogens is 441 g/mol. The van der Waals surface area contributed by atoms with E-state index < -0.39 is 11.7 Å². The number of aromatic nitrogens is 2. The SMILES string of the molecule is COc1cc(-c2cnc(-c3ccc(C(F)(F)F)cc3)[nH]2)ccc1OCc1ccc(Cl)cc1. The molecule has 1 N–H and O–H groups in total. The molecule has 0 atom stereocenters. The van der Waals surface area contributed by atoms with Crippen molar-refractivity contribution in [2.45, 2.75) is 12.8 Å². The van der Waals surface area contributed by atoms with Crippen molar-refractivity contribution >= 4 is 11.6 Å². The number of nitrogens with one attached hydrogen (secondary N) is 1. The van der Waals surface area contributed by atoms with E-state index in [0.717, 1.165) is 23.3 Å². The number of imidazole rings is 1. The fourth-order valence-electron chi connectivity index (χ4n) is 3.13. The molecule has 0 saturated heterocycles. The van der Waals surface area contributed by atoms with Crippen molar-refractivity contribution in [1.29, 1.82) is 0 Å². The van der Waals surface area contributed by atoms with E-state index >= 15 is 0 Å². The first kappa shape index (κ1) is 21.8. The minimum absolute atomic E-state index is 0.356. The van der Waals surface area contributed by atoms with Crippen LogP contribution < -0.4 is 9.47 Å². The van der Waals surface area contributed by atoms with Crippen LogP contribution in [0.4, 0.5) is 13.2 Å². The maximum absolute atomic E-state index is 12.8. The van der Waals surface area contributed by atoms with Crippen molar-refractivity contribution in [3.05, 3.63) is 89.1 Å². The molecule has 0 aliphatic rings. The highest BCUT2D eigenvalue weighted by Gasteiger charge is 2.30. The van der Waals surface area contributed by atoms with Crippen LogP contribution in [0.3, 0.4) is 0 Å². The summed E-state index contributed by atoms with van der Waals surface area (Å²) in [6.45, 7) is 0.356. The second-order valence-electron chi connectivity index (χ2n) is 7.00. The number of alkyl halides is 3. The van der Waals surface area contributed by atoms with Crippen LogP contribution in [0.15, 0.2) is 72.9 Å². The lowest BCUT2D eigenvalue weighted by Gasteiger charge is -2.12. The summed E-state index contributed by atoms with van der Waals surface area (Å²) in [6, 6.07) is 17.7. The molecule has 0 radical (unpaired) electrons. The molecule has 0 aliphatic carbocycles. The Balaban J connectivity index is 1.51. The van der Waals surface area contributed by atoms with Gasteiger partial charge in [-0.15, -0.1) is 0 Å². The number of methoxy groups -OCH3 is 1. The number of hydrogen-bond donors (Lipinski definition) is 1. The molecule has 0 fully saturated rings. The van der Waals surface area contributed by atoms with Gasteiger partial charge in [0.25, 0.3) is 0 Å². The number of nitrogens with zero attached hydrogens (tertiary/aromatic N) is 1. The van der Waals surface area contributed by atoms with Crippen molar-refractivity contribution in [2.24, 2.45) is 0 Å². The lowest BCUT2D eigenvalue weighted by Crippen LogP contribution is -2.04. The molecule has 1 aromatic heterocycles. The van der Waals surface area contributed by atoms with Crippen LogP contribution in [0, 0.1) is 0 Å². The average Bonchev–Trinajstić information content (AvgIpc) is 3.28. The molecule has 0 spiro atoms. The largest absolute Gasteiger partial charge is 0.493 e. The molecule has 0 aliphatic heterocycles. The van der Waals surface area contributed by atoms with E-state index in [0.29, 0.717) is 40.2 Å². The molecule has 0 amide bonds. The van der Waals surface area contributed by atoms with Crippen molar-refractivity contribution in [3.63, 3.8) is 0 Å². The molecule has 3 aromatic carbocycles. The number of benzene rings is 3. The number of hydrogen-bond acceptors (Lipinski definition) is 3. The molecular formula is C24H18ClF3N2O2. The van der Waals surface area contributed by atoms with Gasteiger partial charge in [0.1, 0.15) is 12.4 Å². The van der Waals surface area contributed by atoms with Gasteiger partial charge in [-0.3, -0.25) is 0 Å². The zero-order valence-corrected chi connectivity index (χ0v) is 17.7. The zero-order valence-electron chi connectivity index (χ0n) is 16.9. The highest BCUT2D eigenvalue weighted by atomic mass is 35.5. The quantitative estimate of drug-likeness (QED) is 0.338. The third-order valence-electron chi connectivity index (χ3n) is 4.84. The molecule has 0 saturated carbocycles. The van der Waals surface area contributed by atoms with Crippen LogP contribution >= 0.6 is 11.6 Å². The summed E-state index contributed by atoms with van der Waals surface area (Å²) in [5, 5.41) is 0.658. The van der Waals surface area contributed by atoms with Gasteiger partial charge in [-0.1, -0.05) is 35.9 Å².